The van der Waals surface area contributed by atoms with Crippen molar-refractivity contribution in [1.29, 1.82) is 0 Å². The highest BCUT2D eigenvalue weighted by Gasteiger charge is 2.29. The average molecular weight is 235 g/mol. The minimum atomic E-state index is -3.11. The van der Waals surface area contributed by atoms with Crippen LogP contribution in [0.25, 0.3) is 0 Å². The van der Waals surface area contributed by atoms with Crippen LogP contribution in [0.3, 0.4) is 0 Å². The van der Waals surface area contributed by atoms with Crippen molar-refractivity contribution in [2.45, 2.75) is 13.0 Å². The third kappa shape index (κ3) is 3.96. The van der Waals surface area contributed by atoms with E-state index in [1.807, 2.05) is 0 Å². The Morgan fingerprint density at radius 1 is 1.33 bits per heavy atom. The van der Waals surface area contributed by atoms with Gasteiger partial charge in [-0.25, -0.2) is 8.42 Å². The lowest BCUT2D eigenvalue weighted by Gasteiger charge is -2.29. The molecule has 1 rings (SSSR count). The molecule has 15 heavy (non-hydrogen) atoms. The highest BCUT2D eigenvalue weighted by Crippen LogP contribution is 2.07. The second-order valence-electron chi connectivity index (χ2n) is 3.69. The maximum absolute atomic E-state index is 11.0. The first-order valence-electron chi connectivity index (χ1n) is 4.43. The van der Waals surface area contributed by atoms with Crippen molar-refractivity contribution >= 4 is 21.8 Å². The fourth-order valence-corrected chi connectivity index (χ4v) is 2.52. The molecule has 0 aromatic rings. The van der Waals surface area contributed by atoms with Crippen LogP contribution in [0.15, 0.2) is 0 Å². The molecule has 1 atom stereocenters. The molecule has 0 bridgehead atoms. The number of rotatable bonds is 3. The number of nitrogens with zero attached hydrogens (tertiary/aromatic N) is 1. The van der Waals surface area contributed by atoms with Crippen LogP contribution in [0.2, 0.25) is 0 Å². The van der Waals surface area contributed by atoms with E-state index in [0.717, 1.165) is 6.26 Å². The summed E-state index contributed by atoms with van der Waals surface area (Å²) in [5.41, 5.74) is 0. The molecule has 0 spiro atoms. The smallest absolute Gasteiger partial charge is 0.327 e. The average Bonchev–Trinajstić information content (AvgIpc) is 1.98. The van der Waals surface area contributed by atoms with Gasteiger partial charge in [0.15, 0.2) is 0 Å². The van der Waals surface area contributed by atoms with E-state index in [1.54, 1.807) is 6.92 Å². The maximum Gasteiger partial charge on any atom is 0.327 e. The standard InChI is InChI=1S/C8H13NO5S/c1-6(5-15(2,12)13)9-3-7(10)14-8(11)4-9/h6H,3-5H2,1-2H3. The van der Waals surface area contributed by atoms with Gasteiger partial charge in [-0.2, -0.15) is 0 Å². The molecule has 0 radical (unpaired) electrons. The maximum atomic E-state index is 11.0. The van der Waals surface area contributed by atoms with Crippen LogP contribution in [0, 0.1) is 0 Å². The summed E-state index contributed by atoms with van der Waals surface area (Å²) in [5, 5.41) is 0. The largest absolute Gasteiger partial charge is 0.391 e. The van der Waals surface area contributed by atoms with Crippen LogP contribution in [0.4, 0.5) is 0 Å². The van der Waals surface area contributed by atoms with Gasteiger partial charge in [-0.05, 0) is 6.92 Å². The number of sulfone groups is 1. The van der Waals surface area contributed by atoms with Crippen LogP contribution < -0.4 is 0 Å². The van der Waals surface area contributed by atoms with Crippen molar-refractivity contribution in [2.24, 2.45) is 0 Å². The van der Waals surface area contributed by atoms with Crippen LogP contribution in [0.5, 0.6) is 0 Å². The molecule has 0 saturated carbocycles. The third-order valence-corrected chi connectivity index (χ3v) is 3.15. The summed E-state index contributed by atoms with van der Waals surface area (Å²) in [6, 6.07) is -0.364. The molecule has 1 aliphatic heterocycles. The number of carbonyl (C=O) groups excluding carboxylic acids is 2. The number of hydrogen-bond acceptors (Lipinski definition) is 6. The second kappa shape index (κ2) is 4.28. The predicted octanol–water partition coefficient (Wildman–Crippen LogP) is -1.20. The normalized spacial score (nSPS) is 21.2. The van der Waals surface area contributed by atoms with E-state index in [1.165, 1.54) is 4.90 Å². The number of morpholine rings is 1. The van der Waals surface area contributed by atoms with E-state index in [4.69, 9.17) is 0 Å². The van der Waals surface area contributed by atoms with Crippen LogP contribution in [-0.4, -0.2) is 56.4 Å². The summed E-state index contributed by atoms with van der Waals surface area (Å²) < 4.78 is 26.4. The molecule has 0 N–H and O–H groups in total. The topological polar surface area (TPSA) is 80.8 Å². The number of ether oxygens (including phenoxy) is 1. The van der Waals surface area contributed by atoms with Gasteiger partial charge in [0.1, 0.15) is 9.84 Å². The Bertz CT molecular complexity index is 358. The first-order chi connectivity index (χ1) is 6.78. The molecule has 0 aliphatic carbocycles. The summed E-state index contributed by atoms with van der Waals surface area (Å²) in [5.74, 6) is -1.34. The lowest BCUT2D eigenvalue weighted by atomic mass is 10.3. The SMILES string of the molecule is CC(CS(C)(=O)=O)N1CC(=O)OC(=O)C1. The zero-order valence-electron chi connectivity index (χ0n) is 8.60. The number of carbonyl (C=O) groups is 2. The molecule has 1 unspecified atom stereocenters. The molecule has 0 amide bonds. The molecule has 1 aliphatic rings. The highest BCUT2D eigenvalue weighted by molar-refractivity contribution is 7.90. The molecule has 0 aromatic heterocycles. The fraction of sp³-hybridized carbons (Fsp3) is 0.750. The molecular weight excluding hydrogens is 222 g/mol. The van der Waals surface area contributed by atoms with Gasteiger partial charge in [-0.3, -0.25) is 14.5 Å². The molecule has 86 valence electrons. The van der Waals surface area contributed by atoms with Gasteiger partial charge in [0.25, 0.3) is 0 Å². The summed E-state index contributed by atoms with van der Waals surface area (Å²) in [6.07, 6.45) is 1.12. The Morgan fingerprint density at radius 2 is 1.80 bits per heavy atom. The molecule has 7 heteroatoms. The second-order valence-corrected chi connectivity index (χ2v) is 5.88. The summed E-state index contributed by atoms with van der Waals surface area (Å²) in [4.78, 5) is 23.3. The minimum Gasteiger partial charge on any atom is -0.391 e. The Balaban J connectivity index is 2.63. The van der Waals surface area contributed by atoms with Crippen molar-refractivity contribution < 1.29 is 22.7 Å². The van der Waals surface area contributed by atoms with Crippen molar-refractivity contribution in [2.75, 3.05) is 25.1 Å². The van der Waals surface area contributed by atoms with Gasteiger partial charge in [-0.1, -0.05) is 0 Å². The van der Waals surface area contributed by atoms with Crippen LogP contribution >= 0.6 is 0 Å². The molecule has 1 saturated heterocycles. The van der Waals surface area contributed by atoms with E-state index in [9.17, 15) is 18.0 Å². The van der Waals surface area contributed by atoms with E-state index in [2.05, 4.69) is 4.74 Å². The van der Waals surface area contributed by atoms with Gasteiger partial charge in [-0.15, -0.1) is 0 Å². The predicted molar refractivity (Wildman–Crippen MR) is 51.8 cm³/mol. The van der Waals surface area contributed by atoms with Gasteiger partial charge in [0.2, 0.25) is 0 Å². The van der Waals surface area contributed by atoms with E-state index in [0.29, 0.717) is 0 Å². The quantitative estimate of drug-likeness (QED) is 0.452. The van der Waals surface area contributed by atoms with E-state index >= 15 is 0 Å². The Hall–Kier alpha value is -0.950. The van der Waals surface area contributed by atoms with Crippen molar-refractivity contribution in [3.05, 3.63) is 0 Å². The molecular formula is C8H13NO5S. The zero-order valence-corrected chi connectivity index (χ0v) is 9.41. The number of hydrogen-bond donors (Lipinski definition) is 0. The van der Waals surface area contributed by atoms with Gasteiger partial charge in [0, 0.05) is 12.3 Å². The lowest BCUT2D eigenvalue weighted by Crippen LogP contribution is -2.49. The van der Waals surface area contributed by atoms with E-state index in [-0.39, 0.29) is 24.9 Å². The molecule has 1 heterocycles. The van der Waals surface area contributed by atoms with Gasteiger partial charge < -0.3 is 4.74 Å². The van der Waals surface area contributed by atoms with Gasteiger partial charge >= 0.3 is 11.9 Å². The Labute approximate surface area is 88.1 Å². The van der Waals surface area contributed by atoms with Crippen molar-refractivity contribution in [3.63, 3.8) is 0 Å². The first-order valence-corrected chi connectivity index (χ1v) is 6.49. The van der Waals surface area contributed by atoms with Crippen LogP contribution in [-0.2, 0) is 24.2 Å². The summed E-state index contributed by atoms with van der Waals surface area (Å²) in [7, 11) is -3.11. The lowest BCUT2D eigenvalue weighted by molar-refractivity contribution is -0.167. The first kappa shape index (κ1) is 12.1. The monoisotopic (exact) mass is 235 g/mol. The number of cyclic esters (lactones) is 2. The fourth-order valence-electron chi connectivity index (χ4n) is 1.43. The molecule has 1 fully saturated rings. The van der Waals surface area contributed by atoms with Gasteiger partial charge in [0.05, 0.1) is 18.8 Å². The number of esters is 2. The Kier molecular flexibility index (Phi) is 3.46. The van der Waals surface area contributed by atoms with E-state index < -0.39 is 21.8 Å². The molecule has 6 nitrogen and oxygen atoms in total. The third-order valence-electron chi connectivity index (χ3n) is 2.06. The van der Waals surface area contributed by atoms with Crippen molar-refractivity contribution in [1.82, 2.24) is 4.90 Å². The summed E-state index contributed by atoms with van der Waals surface area (Å²) >= 11 is 0. The van der Waals surface area contributed by atoms with Crippen LogP contribution in [0.1, 0.15) is 6.92 Å². The Morgan fingerprint density at radius 3 is 2.20 bits per heavy atom. The minimum absolute atomic E-state index is 0.0393. The zero-order chi connectivity index (χ0) is 11.6. The molecule has 0 aromatic carbocycles. The highest BCUT2D eigenvalue weighted by atomic mass is 32.2. The van der Waals surface area contributed by atoms with Crippen molar-refractivity contribution in [3.8, 4) is 0 Å². The summed E-state index contributed by atoms with van der Waals surface area (Å²) in [6.45, 7) is 1.58.